The van der Waals surface area contributed by atoms with E-state index in [1.165, 1.54) is 5.56 Å². The molecule has 2 aromatic heterocycles. The van der Waals surface area contributed by atoms with Gasteiger partial charge in [0.15, 0.2) is 0 Å². The van der Waals surface area contributed by atoms with Gasteiger partial charge in [0.05, 0.1) is 31.1 Å². The molecule has 0 radical (unpaired) electrons. The predicted octanol–water partition coefficient (Wildman–Crippen LogP) is 2.43. The molecule has 4 rings (SSSR count). The van der Waals surface area contributed by atoms with Crippen LogP contribution in [-0.2, 0) is 22.6 Å². The van der Waals surface area contributed by atoms with E-state index in [2.05, 4.69) is 20.9 Å². The quantitative estimate of drug-likeness (QED) is 0.845. The van der Waals surface area contributed by atoms with Crippen LogP contribution >= 0.6 is 0 Å². The lowest BCUT2D eigenvalue weighted by Crippen LogP contribution is -2.51. The second-order valence-corrected chi connectivity index (χ2v) is 6.48. The minimum Gasteiger partial charge on any atom is -0.373 e. The molecule has 0 amide bonds. The summed E-state index contributed by atoms with van der Waals surface area (Å²) < 4.78 is 12.2. The number of pyridine rings is 2. The number of morpholine rings is 1. The van der Waals surface area contributed by atoms with Crippen molar-refractivity contribution in [1.82, 2.24) is 14.9 Å². The highest BCUT2D eigenvalue weighted by atomic mass is 16.5. The molecule has 1 saturated heterocycles. The summed E-state index contributed by atoms with van der Waals surface area (Å²) in [5.41, 5.74) is 2.24. The van der Waals surface area contributed by atoms with Gasteiger partial charge in [0.2, 0.25) is 0 Å². The van der Waals surface area contributed by atoms with Crippen molar-refractivity contribution in [2.45, 2.75) is 44.2 Å². The maximum atomic E-state index is 6.13. The van der Waals surface area contributed by atoms with Gasteiger partial charge in [-0.05, 0) is 36.6 Å². The van der Waals surface area contributed by atoms with Crippen molar-refractivity contribution in [3.8, 4) is 0 Å². The third kappa shape index (κ3) is 3.48. The topological polar surface area (TPSA) is 47.5 Å². The Morgan fingerprint density at radius 3 is 3.00 bits per heavy atom. The van der Waals surface area contributed by atoms with E-state index < -0.39 is 0 Å². The van der Waals surface area contributed by atoms with E-state index in [-0.39, 0.29) is 12.2 Å². The summed E-state index contributed by atoms with van der Waals surface area (Å²) in [6.45, 7) is 3.24. The Bertz CT molecular complexity index is 638. The van der Waals surface area contributed by atoms with Crippen LogP contribution in [0.3, 0.4) is 0 Å². The van der Waals surface area contributed by atoms with Crippen molar-refractivity contribution >= 4 is 0 Å². The standard InChI is InChI=1S/C19H23N3O2/c1-2-9-21-16(5-1)14-24-18-7-6-17-19(18)23-11-10-22(17)13-15-4-3-8-20-12-15/h1-5,8-9,12,17-19H,6-7,10-11,13-14H2/t17-,18-,19+/m1/s1. The van der Waals surface area contributed by atoms with Crippen LogP contribution in [0.25, 0.3) is 0 Å². The third-order valence-electron chi connectivity index (χ3n) is 4.93. The highest BCUT2D eigenvalue weighted by Crippen LogP contribution is 2.33. The van der Waals surface area contributed by atoms with Crippen molar-refractivity contribution in [3.05, 3.63) is 60.2 Å². The van der Waals surface area contributed by atoms with Gasteiger partial charge >= 0.3 is 0 Å². The summed E-state index contributed by atoms with van der Waals surface area (Å²) in [7, 11) is 0. The van der Waals surface area contributed by atoms with Crippen molar-refractivity contribution < 1.29 is 9.47 Å². The molecule has 0 N–H and O–H groups in total. The molecular formula is C19H23N3O2. The molecule has 0 unspecified atom stereocenters. The fourth-order valence-corrected chi connectivity index (χ4v) is 3.77. The molecule has 126 valence electrons. The van der Waals surface area contributed by atoms with Gasteiger partial charge in [0.25, 0.3) is 0 Å². The second kappa shape index (κ2) is 7.38. The zero-order valence-electron chi connectivity index (χ0n) is 13.8. The molecule has 1 saturated carbocycles. The Kier molecular flexibility index (Phi) is 4.83. The largest absolute Gasteiger partial charge is 0.373 e. The Morgan fingerprint density at radius 2 is 2.17 bits per heavy atom. The van der Waals surface area contributed by atoms with Gasteiger partial charge < -0.3 is 9.47 Å². The Labute approximate surface area is 142 Å². The van der Waals surface area contributed by atoms with E-state index in [4.69, 9.17) is 9.47 Å². The molecule has 3 atom stereocenters. The van der Waals surface area contributed by atoms with Gasteiger partial charge in [-0.3, -0.25) is 14.9 Å². The lowest BCUT2D eigenvalue weighted by molar-refractivity contribution is -0.119. The molecule has 0 bridgehead atoms. The third-order valence-corrected chi connectivity index (χ3v) is 4.93. The predicted molar refractivity (Wildman–Crippen MR) is 90.2 cm³/mol. The number of ether oxygens (including phenoxy) is 2. The molecule has 5 heteroatoms. The van der Waals surface area contributed by atoms with Gasteiger partial charge in [-0.2, -0.15) is 0 Å². The molecule has 5 nitrogen and oxygen atoms in total. The van der Waals surface area contributed by atoms with E-state index in [0.29, 0.717) is 12.6 Å². The van der Waals surface area contributed by atoms with Crippen LogP contribution in [-0.4, -0.2) is 46.3 Å². The van der Waals surface area contributed by atoms with E-state index >= 15 is 0 Å². The lowest BCUT2D eigenvalue weighted by atomic mass is 10.1. The van der Waals surface area contributed by atoms with Crippen molar-refractivity contribution in [1.29, 1.82) is 0 Å². The first-order valence-electron chi connectivity index (χ1n) is 8.66. The Morgan fingerprint density at radius 1 is 1.17 bits per heavy atom. The van der Waals surface area contributed by atoms with Crippen LogP contribution in [0.2, 0.25) is 0 Å². The van der Waals surface area contributed by atoms with Gasteiger partial charge in [-0.15, -0.1) is 0 Å². The normalized spacial score (nSPS) is 27.1. The Balaban J connectivity index is 1.37. The van der Waals surface area contributed by atoms with Crippen molar-refractivity contribution in [2.24, 2.45) is 0 Å². The number of hydrogen-bond donors (Lipinski definition) is 0. The summed E-state index contributed by atoms with van der Waals surface area (Å²) >= 11 is 0. The van der Waals surface area contributed by atoms with Gasteiger partial charge in [0, 0.05) is 37.7 Å². The summed E-state index contributed by atoms with van der Waals surface area (Å²) in [6, 6.07) is 10.5. The first kappa shape index (κ1) is 15.7. The molecule has 1 aliphatic heterocycles. The molecule has 24 heavy (non-hydrogen) atoms. The molecule has 2 aliphatic rings. The Hall–Kier alpha value is -1.82. The maximum Gasteiger partial charge on any atom is 0.0992 e. The minimum atomic E-state index is 0.161. The van der Waals surface area contributed by atoms with E-state index in [0.717, 1.165) is 38.2 Å². The first-order chi connectivity index (χ1) is 11.9. The van der Waals surface area contributed by atoms with Crippen LogP contribution in [0.1, 0.15) is 24.1 Å². The van der Waals surface area contributed by atoms with E-state index in [1.807, 2.05) is 42.9 Å². The number of aromatic nitrogens is 2. The summed E-state index contributed by atoms with van der Waals surface area (Å²) in [5, 5.41) is 0. The van der Waals surface area contributed by atoms with Crippen molar-refractivity contribution in [3.63, 3.8) is 0 Å². The number of nitrogens with zero attached hydrogens (tertiary/aromatic N) is 3. The molecular weight excluding hydrogens is 302 g/mol. The van der Waals surface area contributed by atoms with Gasteiger partial charge in [-0.1, -0.05) is 12.1 Å². The first-order valence-corrected chi connectivity index (χ1v) is 8.66. The zero-order valence-corrected chi connectivity index (χ0v) is 13.8. The molecule has 3 heterocycles. The van der Waals surface area contributed by atoms with Crippen LogP contribution in [0.15, 0.2) is 48.9 Å². The summed E-state index contributed by atoms with van der Waals surface area (Å²) in [4.78, 5) is 11.1. The zero-order chi connectivity index (χ0) is 16.2. The van der Waals surface area contributed by atoms with Crippen LogP contribution in [0.4, 0.5) is 0 Å². The summed E-state index contributed by atoms with van der Waals surface area (Å²) in [5.74, 6) is 0. The highest BCUT2D eigenvalue weighted by Gasteiger charge is 2.43. The fourth-order valence-electron chi connectivity index (χ4n) is 3.77. The number of hydrogen-bond acceptors (Lipinski definition) is 5. The van der Waals surface area contributed by atoms with Gasteiger partial charge in [-0.25, -0.2) is 0 Å². The maximum absolute atomic E-state index is 6.13. The SMILES string of the molecule is c1ccc(CO[C@@H]2CC[C@@H]3[C@@H]2OCCN3Cc2cccnc2)nc1. The molecule has 1 aliphatic carbocycles. The summed E-state index contributed by atoms with van der Waals surface area (Å²) in [6.07, 6.45) is 8.08. The fraction of sp³-hybridized carbons (Fsp3) is 0.474. The molecule has 2 fully saturated rings. The van der Waals surface area contributed by atoms with Crippen LogP contribution < -0.4 is 0 Å². The van der Waals surface area contributed by atoms with Crippen LogP contribution in [0, 0.1) is 0 Å². The highest BCUT2D eigenvalue weighted by molar-refractivity contribution is 5.10. The van der Waals surface area contributed by atoms with Crippen LogP contribution in [0.5, 0.6) is 0 Å². The molecule has 0 spiro atoms. The number of rotatable bonds is 5. The van der Waals surface area contributed by atoms with Crippen molar-refractivity contribution in [2.75, 3.05) is 13.2 Å². The number of fused-ring (bicyclic) bond motifs is 1. The monoisotopic (exact) mass is 325 g/mol. The molecule has 0 aromatic carbocycles. The average molecular weight is 325 g/mol. The van der Waals surface area contributed by atoms with Gasteiger partial charge in [0.1, 0.15) is 0 Å². The lowest BCUT2D eigenvalue weighted by Gasteiger charge is -2.39. The van der Waals surface area contributed by atoms with E-state index in [1.54, 1.807) is 0 Å². The van der Waals surface area contributed by atoms with E-state index in [9.17, 15) is 0 Å². The smallest absolute Gasteiger partial charge is 0.0992 e. The average Bonchev–Trinajstić information content (AvgIpc) is 3.06. The minimum absolute atomic E-state index is 0.161. The second-order valence-electron chi connectivity index (χ2n) is 6.48. The molecule has 2 aromatic rings.